The molecular formula is C23H23N3O2. The van der Waals surface area contributed by atoms with Gasteiger partial charge in [-0.15, -0.1) is 0 Å². The molecule has 1 aliphatic heterocycles. The first-order valence-electron chi connectivity index (χ1n) is 9.55. The van der Waals surface area contributed by atoms with Gasteiger partial charge in [0.25, 0.3) is 5.91 Å². The molecule has 0 bridgehead atoms. The number of aromatic nitrogens is 1. The van der Waals surface area contributed by atoms with Crippen molar-refractivity contribution in [2.24, 2.45) is 5.73 Å². The van der Waals surface area contributed by atoms with Crippen LogP contribution in [0.2, 0.25) is 0 Å². The molecule has 1 fully saturated rings. The molecule has 0 radical (unpaired) electrons. The highest BCUT2D eigenvalue weighted by Gasteiger charge is 2.20. The number of hydrogen-bond acceptors (Lipinski definition) is 4. The van der Waals surface area contributed by atoms with Crippen molar-refractivity contribution in [2.75, 3.05) is 13.1 Å². The number of pyridine rings is 1. The molecule has 1 saturated heterocycles. The molecule has 1 unspecified atom stereocenters. The van der Waals surface area contributed by atoms with Crippen molar-refractivity contribution < 1.29 is 9.53 Å². The maximum Gasteiger partial charge on any atom is 0.250 e. The Bertz CT molecular complexity index is 949. The molecule has 3 N–H and O–H groups in total. The van der Waals surface area contributed by atoms with Crippen molar-refractivity contribution >= 4 is 5.91 Å². The van der Waals surface area contributed by atoms with Crippen LogP contribution >= 0.6 is 0 Å². The van der Waals surface area contributed by atoms with Gasteiger partial charge < -0.3 is 15.8 Å². The van der Waals surface area contributed by atoms with Gasteiger partial charge in [0.1, 0.15) is 11.5 Å². The van der Waals surface area contributed by atoms with Crippen LogP contribution in [0.15, 0.2) is 66.7 Å². The number of benzene rings is 2. The molecule has 0 spiro atoms. The molecule has 5 heteroatoms. The fourth-order valence-electron chi connectivity index (χ4n) is 3.53. The van der Waals surface area contributed by atoms with Crippen molar-refractivity contribution in [3.8, 4) is 22.8 Å². The molecule has 5 nitrogen and oxygen atoms in total. The van der Waals surface area contributed by atoms with Crippen molar-refractivity contribution in [3.05, 3.63) is 78.0 Å². The summed E-state index contributed by atoms with van der Waals surface area (Å²) in [6.07, 6.45) is 2.23. The van der Waals surface area contributed by atoms with E-state index in [2.05, 4.69) is 5.32 Å². The Hall–Kier alpha value is -3.18. The second kappa shape index (κ2) is 8.23. The Morgan fingerprint density at radius 3 is 2.43 bits per heavy atom. The van der Waals surface area contributed by atoms with Crippen LogP contribution in [0.25, 0.3) is 11.3 Å². The minimum Gasteiger partial charge on any atom is -0.457 e. The van der Waals surface area contributed by atoms with Crippen LogP contribution in [-0.4, -0.2) is 24.0 Å². The van der Waals surface area contributed by atoms with Gasteiger partial charge in [-0.1, -0.05) is 18.2 Å². The van der Waals surface area contributed by atoms with Gasteiger partial charge in [0.05, 0.1) is 11.3 Å². The van der Waals surface area contributed by atoms with E-state index in [9.17, 15) is 4.79 Å². The van der Waals surface area contributed by atoms with Gasteiger partial charge in [0.15, 0.2) is 0 Å². The van der Waals surface area contributed by atoms with Crippen LogP contribution in [0, 0.1) is 0 Å². The zero-order valence-corrected chi connectivity index (χ0v) is 15.6. The zero-order chi connectivity index (χ0) is 19.3. The number of nitrogens with two attached hydrogens (primary N) is 1. The third kappa shape index (κ3) is 4.05. The standard InChI is InChI=1S/C23H23N3O2/c24-23(27)20-12-13-21(17-5-4-14-25-15-17)26-22(20)16-8-10-19(11-9-16)28-18-6-2-1-3-7-18/h1-3,6-13,17,25H,4-5,14-15H2,(H2,24,27). The molecule has 0 saturated carbocycles. The van der Waals surface area contributed by atoms with E-state index in [1.54, 1.807) is 6.07 Å². The van der Waals surface area contributed by atoms with Crippen molar-refractivity contribution in [2.45, 2.75) is 18.8 Å². The Balaban J connectivity index is 1.63. The summed E-state index contributed by atoms with van der Waals surface area (Å²) in [6.45, 7) is 1.96. The molecule has 2 aromatic carbocycles. The summed E-state index contributed by atoms with van der Waals surface area (Å²) in [6, 6.07) is 20.9. The first kappa shape index (κ1) is 18.2. The van der Waals surface area contributed by atoms with E-state index in [1.165, 1.54) is 0 Å². The highest BCUT2D eigenvalue weighted by molar-refractivity contribution is 5.98. The van der Waals surface area contributed by atoms with Crippen molar-refractivity contribution in [3.63, 3.8) is 0 Å². The molecular weight excluding hydrogens is 350 g/mol. The van der Waals surface area contributed by atoms with Crippen LogP contribution in [0.3, 0.4) is 0 Å². The minimum atomic E-state index is -0.472. The van der Waals surface area contributed by atoms with Crippen LogP contribution in [0.1, 0.15) is 34.8 Å². The number of nitrogens with one attached hydrogen (secondary N) is 1. The molecule has 1 amide bonds. The number of amides is 1. The summed E-state index contributed by atoms with van der Waals surface area (Å²) in [7, 11) is 0. The number of nitrogens with zero attached hydrogens (tertiary/aromatic N) is 1. The topological polar surface area (TPSA) is 77.2 Å². The zero-order valence-electron chi connectivity index (χ0n) is 15.6. The number of carbonyl (C=O) groups excluding carboxylic acids is 1. The summed E-state index contributed by atoms with van der Waals surface area (Å²) >= 11 is 0. The van der Waals surface area contributed by atoms with E-state index in [0.717, 1.165) is 48.7 Å². The van der Waals surface area contributed by atoms with E-state index in [0.29, 0.717) is 17.2 Å². The van der Waals surface area contributed by atoms with E-state index in [4.69, 9.17) is 15.5 Å². The minimum absolute atomic E-state index is 0.357. The van der Waals surface area contributed by atoms with E-state index in [-0.39, 0.29) is 0 Å². The quantitative estimate of drug-likeness (QED) is 0.706. The van der Waals surface area contributed by atoms with Gasteiger partial charge in [-0.25, -0.2) is 0 Å². The fourth-order valence-corrected chi connectivity index (χ4v) is 3.53. The van der Waals surface area contributed by atoms with Gasteiger partial charge >= 0.3 is 0 Å². The largest absolute Gasteiger partial charge is 0.457 e. The first-order chi connectivity index (χ1) is 13.7. The number of piperidine rings is 1. The highest BCUT2D eigenvalue weighted by atomic mass is 16.5. The van der Waals surface area contributed by atoms with Crippen molar-refractivity contribution in [1.82, 2.24) is 10.3 Å². The maximum absolute atomic E-state index is 11.9. The second-order valence-electron chi connectivity index (χ2n) is 6.98. The molecule has 1 aromatic heterocycles. The van der Waals surface area contributed by atoms with Gasteiger partial charge in [-0.2, -0.15) is 0 Å². The van der Waals surface area contributed by atoms with Gasteiger partial charge in [-0.05, 0) is 67.9 Å². The lowest BCUT2D eigenvalue weighted by molar-refractivity contribution is 0.100. The third-order valence-electron chi connectivity index (χ3n) is 5.00. The number of ether oxygens (including phenoxy) is 1. The average Bonchev–Trinajstić information content (AvgIpc) is 2.75. The van der Waals surface area contributed by atoms with Crippen molar-refractivity contribution in [1.29, 1.82) is 0 Å². The monoisotopic (exact) mass is 373 g/mol. The van der Waals surface area contributed by atoms with Gasteiger partial charge in [0, 0.05) is 23.7 Å². The smallest absolute Gasteiger partial charge is 0.250 e. The van der Waals surface area contributed by atoms with Crippen LogP contribution in [0.5, 0.6) is 11.5 Å². The fraction of sp³-hybridized carbons (Fsp3) is 0.217. The molecule has 4 rings (SSSR count). The molecule has 3 aromatic rings. The Morgan fingerprint density at radius 2 is 1.75 bits per heavy atom. The molecule has 142 valence electrons. The summed E-state index contributed by atoms with van der Waals surface area (Å²) in [5.41, 5.74) is 8.50. The summed E-state index contributed by atoms with van der Waals surface area (Å²) < 4.78 is 5.85. The summed E-state index contributed by atoms with van der Waals surface area (Å²) in [4.78, 5) is 16.8. The lowest BCUT2D eigenvalue weighted by Crippen LogP contribution is -2.29. The van der Waals surface area contributed by atoms with Gasteiger partial charge in [0.2, 0.25) is 0 Å². The van der Waals surface area contributed by atoms with Crippen LogP contribution in [-0.2, 0) is 0 Å². The third-order valence-corrected chi connectivity index (χ3v) is 5.00. The molecule has 1 atom stereocenters. The molecule has 1 aliphatic rings. The number of para-hydroxylation sites is 1. The Kier molecular flexibility index (Phi) is 5.35. The lowest BCUT2D eigenvalue weighted by Gasteiger charge is -2.23. The number of carbonyl (C=O) groups is 1. The van der Waals surface area contributed by atoms with E-state index >= 15 is 0 Å². The lowest BCUT2D eigenvalue weighted by atomic mass is 9.94. The number of primary amides is 1. The first-order valence-corrected chi connectivity index (χ1v) is 9.55. The predicted molar refractivity (Wildman–Crippen MR) is 110 cm³/mol. The number of rotatable bonds is 5. The number of hydrogen-bond donors (Lipinski definition) is 2. The predicted octanol–water partition coefficient (Wildman–Crippen LogP) is 4.11. The Morgan fingerprint density at radius 1 is 1.00 bits per heavy atom. The Labute approximate surface area is 164 Å². The molecule has 0 aliphatic carbocycles. The second-order valence-corrected chi connectivity index (χ2v) is 6.98. The molecule has 28 heavy (non-hydrogen) atoms. The van der Waals surface area contributed by atoms with E-state index in [1.807, 2.05) is 60.7 Å². The average molecular weight is 373 g/mol. The van der Waals surface area contributed by atoms with E-state index < -0.39 is 5.91 Å². The van der Waals surface area contributed by atoms with Crippen LogP contribution < -0.4 is 15.8 Å². The van der Waals surface area contributed by atoms with Crippen LogP contribution in [0.4, 0.5) is 0 Å². The molecule has 2 heterocycles. The SMILES string of the molecule is NC(=O)c1ccc(C2CCCNC2)nc1-c1ccc(Oc2ccccc2)cc1. The maximum atomic E-state index is 11.9. The highest BCUT2D eigenvalue weighted by Crippen LogP contribution is 2.29. The normalized spacial score (nSPS) is 16.5. The van der Waals surface area contributed by atoms with Gasteiger partial charge in [-0.3, -0.25) is 9.78 Å². The summed E-state index contributed by atoms with van der Waals surface area (Å²) in [5.74, 6) is 1.39. The summed E-state index contributed by atoms with van der Waals surface area (Å²) in [5, 5.41) is 3.41.